The lowest BCUT2D eigenvalue weighted by Gasteiger charge is -2.29. The van der Waals surface area contributed by atoms with E-state index < -0.39 is 0 Å². The van der Waals surface area contributed by atoms with Crippen molar-refractivity contribution in [1.82, 2.24) is 4.90 Å². The first-order chi connectivity index (χ1) is 11.7. The molecule has 1 aliphatic carbocycles. The Morgan fingerprint density at radius 3 is 2.75 bits per heavy atom. The minimum atomic E-state index is -0.0166. The van der Waals surface area contributed by atoms with Crippen LogP contribution in [0, 0.1) is 0 Å². The average molecular weight is 323 g/mol. The molecule has 1 fully saturated rings. The molecule has 1 aliphatic heterocycles. The van der Waals surface area contributed by atoms with Gasteiger partial charge < -0.3 is 9.47 Å². The lowest BCUT2D eigenvalue weighted by atomic mass is 9.93. The first-order valence-corrected chi connectivity index (χ1v) is 8.81. The summed E-state index contributed by atoms with van der Waals surface area (Å²) in [6.07, 6.45) is 2.66. The van der Waals surface area contributed by atoms with E-state index in [4.69, 9.17) is 9.47 Å². The molecule has 2 aromatic rings. The molecule has 2 aliphatic rings. The Morgan fingerprint density at radius 1 is 1.08 bits per heavy atom. The van der Waals surface area contributed by atoms with Crippen molar-refractivity contribution < 1.29 is 9.47 Å². The molecule has 3 nitrogen and oxygen atoms in total. The van der Waals surface area contributed by atoms with Crippen molar-refractivity contribution in [2.45, 2.75) is 31.4 Å². The van der Waals surface area contributed by atoms with Crippen molar-refractivity contribution in [2.75, 3.05) is 27.3 Å². The minimum Gasteiger partial charge on any atom is -0.497 e. The molecule has 0 saturated heterocycles. The largest absolute Gasteiger partial charge is 0.497 e. The van der Waals surface area contributed by atoms with Crippen molar-refractivity contribution in [3.05, 3.63) is 64.7 Å². The monoisotopic (exact) mass is 323 g/mol. The van der Waals surface area contributed by atoms with Crippen LogP contribution in [0.2, 0.25) is 0 Å². The highest BCUT2D eigenvalue weighted by Crippen LogP contribution is 2.42. The number of methoxy groups -OCH3 is 1. The van der Waals surface area contributed by atoms with Gasteiger partial charge in [0.25, 0.3) is 0 Å². The number of ether oxygens (including phenoxy) is 2. The molecular formula is C21H25NO2. The maximum atomic E-state index is 6.28. The molecule has 126 valence electrons. The molecule has 24 heavy (non-hydrogen) atoms. The fourth-order valence-electron chi connectivity index (χ4n) is 3.56. The van der Waals surface area contributed by atoms with E-state index in [1.807, 2.05) is 12.1 Å². The van der Waals surface area contributed by atoms with Gasteiger partial charge >= 0.3 is 0 Å². The predicted molar refractivity (Wildman–Crippen MR) is 95.5 cm³/mol. The number of fused-ring (bicyclic) bond motifs is 1. The van der Waals surface area contributed by atoms with E-state index in [2.05, 4.69) is 42.3 Å². The summed E-state index contributed by atoms with van der Waals surface area (Å²) in [5.41, 5.74) is 5.35. The van der Waals surface area contributed by atoms with Gasteiger partial charge in [-0.05, 0) is 60.2 Å². The number of likely N-dealkylation sites (N-methyl/N-ethyl adjacent to an activating group) is 1. The van der Waals surface area contributed by atoms with Crippen LogP contribution in [0.5, 0.6) is 5.75 Å². The Hall–Kier alpha value is -1.84. The van der Waals surface area contributed by atoms with Gasteiger partial charge in [0.15, 0.2) is 0 Å². The second kappa shape index (κ2) is 6.58. The number of nitrogens with zero attached hydrogens (tertiary/aromatic N) is 1. The van der Waals surface area contributed by atoms with Gasteiger partial charge in [-0.25, -0.2) is 0 Å². The molecule has 2 aromatic carbocycles. The van der Waals surface area contributed by atoms with Gasteiger partial charge in [-0.15, -0.1) is 0 Å². The molecule has 0 aromatic heterocycles. The van der Waals surface area contributed by atoms with E-state index in [-0.39, 0.29) is 6.10 Å². The normalized spacial score (nSPS) is 21.7. The number of benzene rings is 2. The lowest BCUT2D eigenvalue weighted by molar-refractivity contribution is 0.0552. The quantitative estimate of drug-likeness (QED) is 0.848. The maximum absolute atomic E-state index is 6.28. The van der Waals surface area contributed by atoms with Gasteiger partial charge in [-0.2, -0.15) is 0 Å². The van der Waals surface area contributed by atoms with Crippen LogP contribution >= 0.6 is 0 Å². The van der Waals surface area contributed by atoms with Gasteiger partial charge in [-0.3, -0.25) is 4.90 Å². The molecule has 0 unspecified atom stereocenters. The Balaban J connectivity index is 1.75. The van der Waals surface area contributed by atoms with Gasteiger partial charge in [-0.1, -0.05) is 30.3 Å². The first kappa shape index (κ1) is 15.7. The summed E-state index contributed by atoms with van der Waals surface area (Å²) in [5, 5.41) is 0. The molecule has 1 atom stereocenters. The zero-order valence-corrected chi connectivity index (χ0v) is 14.5. The molecule has 0 N–H and O–H groups in total. The summed E-state index contributed by atoms with van der Waals surface area (Å²) < 4.78 is 11.7. The van der Waals surface area contributed by atoms with Crippen LogP contribution in [0.15, 0.2) is 42.5 Å². The Kier molecular flexibility index (Phi) is 4.30. The van der Waals surface area contributed by atoms with Gasteiger partial charge in [0, 0.05) is 13.1 Å². The number of hydrogen-bond acceptors (Lipinski definition) is 3. The summed E-state index contributed by atoms with van der Waals surface area (Å²) >= 11 is 0. The Morgan fingerprint density at radius 2 is 1.96 bits per heavy atom. The van der Waals surface area contributed by atoms with Gasteiger partial charge in [0.1, 0.15) is 11.9 Å². The van der Waals surface area contributed by atoms with E-state index in [9.17, 15) is 0 Å². The van der Waals surface area contributed by atoms with Crippen molar-refractivity contribution in [2.24, 2.45) is 0 Å². The van der Waals surface area contributed by atoms with Gasteiger partial charge in [0.2, 0.25) is 0 Å². The van der Waals surface area contributed by atoms with E-state index >= 15 is 0 Å². The Labute approximate surface area is 144 Å². The second-order valence-corrected chi connectivity index (χ2v) is 7.00. The summed E-state index contributed by atoms with van der Waals surface area (Å²) in [6.45, 7) is 2.68. The van der Waals surface area contributed by atoms with Crippen LogP contribution in [0.25, 0.3) is 0 Å². The van der Waals surface area contributed by atoms with Crippen LogP contribution in [0.1, 0.15) is 47.1 Å². The topological polar surface area (TPSA) is 21.7 Å². The zero-order chi connectivity index (χ0) is 16.5. The fourth-order valence-corrected chi connectivity index (χ4v) is 3.56. The molecule has 3 heteroatoms. The number of rotatable bonds is 3. The molecule has 1 heterocycles. The summed E-state index contributed by atoms with van der Waals surface area (Å²) in [5.74, 6) is 1.66. The standard InChI is InChI=1S/C21H25NO2/c1-22-10-11-24-21(17-4-3-5-19(13-17)23-2)20-9-8-16(15-6-7-15)12-18(20)14-22/h3-5,8-9,12-13,15,21H,6-7,10-11,14H2,1-2H3/t21-/m0/s1. The Bertz CT molecular complexity index is 724. The maximum Gasteiger partial charge on any atom is 0.119 e. The minimum absolute atomic E-state index is 0.0166. The molecule has 0 radical (unpaired) electrons. The molecule has 1 saturated carbocycles. The van der Waals surface area contributed by atoms with Gasteiger partial charge in [0.05, 0.1) is 13.7 Å². The zero-order valence-electron chi connectivity index (χ0n) is 14.5. The molecule has 0 spiro atoms. The van der Waals surface area contributed by atoms with E-state index in [1.54, 1.807) is 7.11 Å². The highest BCUT2D eigenvalue weighted by atomic mass is 16.5. The van der Waals surface area contributed by atoms with Crippen molar-refractivity contribution in [3.63, 3.8) is 0 Å². The van der Waals surface area contributed by atoms with E-state index in [0.29, 0.717) is 0 Å². The highest BCUT2D eigenvalue weighted by Gasteiger charge is 2.27. The van der Waals surface area contributed by atoms with Crippen molar-refractivity contribution in [3.8, 4) is 5.75 Å². The smallest absolute Gasteiger partial charge is 0.119 e. The lowest BCUT2D eigenvalue weighted by Crippen LogP contribution is -2.28. The third-order valence-electron chi connectivity index (χ3n) is 5.09. The highest BCUT2D eigenvalue weighted by molar-refractivity contribution is 5.42. The second-order valence-electron chi connectivity index (χ2n) is 7.00. The SMILES string of the molecule is COc1cccc([C@@H]2OCCN(C)Cc3cc(C4CC4)ccc32)c1. The van der Waals surface area contributed by atoms with E-state index in [1.165, 1.54) is 35.1 Å². The van der Waals surface area contributed by atoms with Crippen LogP contribution in [0.3, 0.4) is 0 Å². The molecule has 0 bridgehead atoms. The summed E-state index contributed by atoms with van der Waals surface area (Å²) in [6, 6.07) is 15.2. The third kappa shape index (κ3) is 3.19. The van der Waals surface area contributed by atoms with Crippen LogP contribution in [-0.2, 0) is 11.3 Å². The van der Waals surface area contributed by atoms with Crippen LogP contribution in [0.4, 0.5) is 0 Å². The van der Waals surface area contributed by atoms with Crippen molar-refractivity contribution in [1.29, 1.82) is 0 Å². The molecule has 4 rings (SSSR count). The van der Waals surface area contributed by atoms with Crippen LogP contribution in [-0.4, -0.2) is 32.2 Å². The predicted octanol–water partition coefficient (Wildman–Crippen LogP) is 4.12. The first-order valence-electron chi connectivity index (χ1n) is 8.81. The molecular weight excluding hydrogens is 298 g/mol. The van der Waals surface area contributed by atoms with E-state index in [0.717, 1.165) is 31.4 Å². The summed E-state index contributed by atoms with van der Waals surface area (Å²) in [7, 11) is 3.88. The van der Waals surface area contributed by atoms with Crippen molar-refractivity contribution >= 4 is 0 Å². The average Bonchev–Trinajstić information content (AvgIpc) is 3.42. The fraction of sp³-hybridized carbons (Fsp3) is 0.429. The van der Waals surface area contributed by atoms with Crippen LogP contribution < -0.4 is 4.74 Å². The summed E-state index contributed by atoms with van der Waals surface area (Å²) in [4.78, 5) is 2.34. The molecule has 0 amide bonds. The third-order valence-corrected chi connectivity index (χ3v) is 5.09. The number of hydrogen-bond donors (Lipinski definition) is 0.